The molecule has 0 amide bonds. The molecule has 0 atom stereocenters. The summed E-state index contributed by atoms with van der Waals surface area (Å²) < 4.78 is 0. The first-order valence-electron chi connectivity index (χ1n) is 5.41. The lowest BCUT2D eigenvalue weighted by Gasteiger charge is -2.20. The molecule has 0 bridgehead atoms. The number of anilines is 1. The summed E-state index contributed by atoms with van der Waals surface area (Å²) in [4.78, 5) is 2.12. The molecule has 0 aliphatic heterocycles. The van der Waals surface area contributed by atoms with E-state index in [0.717, 1.165) is 25.1 Å². The molecule has 0 heterocycles. The van der Waals surface area contributed by atoms with Crippen LogP contribution < -0.4 is 10.6 Å². The SMILES string of the molecule is CCCCN(C)c1ccc(C(=N)N)cc1Cl. The molecule has 0 aliphatic carbocycles. The average molecular weight is 240 g/mol. The van der Waals surface area contributed by atoms with Gasteiger partial charge in [0.15, 0.2) is 0 Å². The van der Waals surface area contributed by atoms with Crippen LogP contribution >= 0.6 is 11.6 Å². The monoisotopic (exact) mass is 239 g/mol. The molecular formula is C12H18ClN3. The van der Waals surface area contributed by atoms with Gasteiger partial charge < -0.3 is 10.6 Å². The van der Waals surface area contributed by atoms with Gasteiger partial charge in [-0.15, -0.1) is 0 Å². The van der Waals surface area contributed by atoms with Crippen LogP contribution in [0.5, 0.6) is 0 Å². The highest BCUT2D eigenvalue weighted by atomic mass is 35.5. The number of halogens is 1. The molecule has 0 fully saturated rings. The van der Waals surface area contributed by atoms with Crippen LogP contribution in [0.1, 0.15) is 25.3 Å². The van der Waals surface area contributed by atoms with Gasteiger partial charge in [-0.1, -0.05) is 24.9 Å². The van der Waals surface area contributed by atoms with Crippen LogP contribution in [0.4, 0.5) is 5.69 Å². The molecule has 3 nitrogen and oxygen atoms in total. The predicted molar refractivity (Wildman–Crippen MR) is 70.6 cm³/mol. The smallest absolute Gasteiger partial charge is 0.122 e. The van der Waals surface area contributed by atoms with Gasteiger partial charge in [0.05, 0.1) is 10.7 Å². The summed E-state index contributed by atoms with van der Waals surface area (Å²) in [6.45, 7) is 3.14. The Morgan fingerprint density at radius 3 is 2.69 bits per heavy atom. The van der Waals surface area contributed by atoms with Crippen LogP contribution in [-0.4, -0.2) is 19.4 Å². The van der Waals surface area contributed by atoms with Crippen LogP contribution in [0.2, 0.25) is 5.02 Å². The zero-order valence-electron chi connectivity index (χ0n) is 9.76. The van der Waals surface area contributed by atoms with E-state index in [9.17, 15) is 0 Å². The number of nitrogen functional groups attached to an aromatic ring is 1. The van der Waals surface area contributed by atoms with Crippen LogP contribution in [0, 0.1) is 5.41 Å². The third-order valence-corrected chi connectivity index (χ3v) is 2.82. The van der Waals surface area contributed by atoms with Crippen LogP contribution in [0.25, 0.3) is 0 Å². The minimum Gasteiger partial charge on any atom is -0.384 e. The molecule has 3 N–H and O–H groups in total. The van der Waals surface area contributed by atoms with Crippen LogP contribution in [0.15, 0.2) is 18.2 Å². The summed E-state index contributed by atoms with van der Waals surface area (Å²) in [5.74, 6) is 0.0460. The Morgan fingerprint density at radius 2 is 2.19 bits per heavy atom. The maximum absolute atomic E-state index is 7.33. The summed E-state index contributed by atoms with van der Waals surface area (Å²) in [5, 5.41) is 7.97. The zero-order valence-corrected chi connectivity index (χ0v) is 10.5. The van der Waals surface area contributed by atoms with Crippen molar-refractivity contribution in [3.8, 4) is 0 Å². The van der Waals surface area contributed by atoms with E-state index in [4.69, 9.17) is 22.7 Å². The van der Waals surface area contributed by atoms with Crippen LogP contribution in [-0.2, 0) is 0 Å². The summed E-state index contributed by atoms with van der Waals surface area (Å²) in [7, 11) is 2.02. The number of unbranched alkanes of at least 4 members (excludes halogenated alkanes) is 1. The first-order valence-corrected chi connectivity index (χ1v) is 5.79. The summed E-state index contributed by atoms with van der Waals surface area (Å²) in [6, 6.07) is 5.47. The molecule has 0 unspecified atom stereocenters. The number of nitrogens with two attached hydrogens (primary N) is 1. The largest absolute Gasteiger partial charge is 0.384 e. The number of hydrogen-bond acceptors (Lipinski definition) is 2. The maximum atomic E-state index is 7.33. The van der Waals surface area contributed by atoms with Gasteiger partial charge in [0.1, 0.15) is 5.84 Å². The first-order chi connectivity index (χ1) is 7.56. The van der Waals surface area contributed by atoms with Crippen molar-refractivity contribution < 1.29 is 0 Å². The second-order valence-electron chi connectivity index (χ2n) is 3.85. The summed E-state index contributed by atoms with van der Waals surface area (Å²) >= 11 is 6.15. The average Bonchev–Trinajstić information content (AvgIpc) is 2.25. The van der Waals surface area contributed by atoms with Gasteiger partial charge in [-0.2, -0.15) is 0 Å². The molecule has 0 aliphatic rings. The second kappa shape index (κ2) is 5.75. The third-order valence-electron chi connectivity index (χ3n) is 2.52. The highest BCUT2D eigenvalue weighted by Gasteiger charge is 2.07. The molecule has 1 aromatic carbocycles. The fourth-order valence-electron chi connectivity index (χ4n) is 1.50. The topological polar surface area (TPSA) is 53.1 Å². The van der Waals surface area contributed by atoms with E-state index in [1.807, 2.05) is 19.2 Å². The normalized spacial score (nSPS) is 10.2. The minimum atomic E-state index is 0.0460. The van der Waals surface area contributed by atoms with Crippen LogP contribution in [0.3, 0.4) is 0 Å². The number of benzene rings is 1. The van der Waals surface area contributed by atoms with E-state index in [-0.39, 0.29) is 5.84 Å². The molecule has 88 valence electrons. The number of hydrogen-bond donors (Lipinski definition) is 2. The minimum absolute atomic E-state index is 0.0460. The van der Waals surface area contributed by atoms with E-state index < -0.39 is 0 Å². The molecule has 0 radical (unpaired) electrons. The molecule has 4 heteroatoms. The van der Waals surface area contributed by atoms with Crippen molar-refractivity contribution in [2.75, 3.05) is 18.5 Å². The number of nitrogens with zero attached hydrogens (tertiary/aromatic N) is 1. The highest BCUT2D eigenvalue weighted by molar-refractivity contribution is 6.33. The quantitative estimate of drug-likeness (QED) is 0.613. The Bertz CT molecular complexity index is 377. The van der Waals surface area contributed by atoms with Gasteiger partial charge in [0, 0.05) is 19.2 Å². The van der Waals surface area contributed by atoms with Gasteiger partial charge in [0.2, 0.25) is 0 Å². The lowest BCUT2D eigenvalue weighted by atomic mass is 10.1. The fourth-order valence-corrected chi connectivity index (χ4v) is 1.82. The molecule has 16 heavy (non-hydrogen) atoms. The summed E-state index contributed by atoms with van der Waals surface area (Å²) in [6.07, 6.45) is 2.30. The number of nitrogens with one attached hydrogen (secondary N) is 1. The van der Waals surface area contributed by atoms with Gasteiger partial charge in [-0.05, 0) is 24.6 Å². The lowest BCUT2D eigenvalue weighted by Crippen LogP contribution is -2.19. The van der Waals surface area contributed by atoms with Crippen molar-refractivity contribution in [1.29, 1.82) is 5.41 Å². The molecular weight excluding hydrogens is 222 g/mol. The Labute approximate surface area is 102 Å². The molecule has 1 aromatic rings. The van der Waals surface area contributed by atoms with E-state index in [1.54, 1.807) is 6.07 Å². The number of rotatable bonds is 5. The molecule has 0 saturated heterocycles. The van der Waals surface area contributed by atoms with Crippen molar-refractivity contribution in [2.45, 2.75) is 19.8 Å². The van der Waals surface area contributed by atoms with E-state index >= 15 is 0 Å². The van der Waals surface area contributed by atoms with Crippen molar-refractivity contribution in [3.05, 3.63) is 28.8 Å². The van der Waals surface area contributed by atoms with Gasteiger partial charge >= 0.3 is 0 Å². The molecule has 1 rings (SSSR count). The highest BCUT2D eigenvalue weighted by Crippen LogP contribution is 2.26. The molecule has 0 saturated carbocycles. The van der Waals surface area contributed by atoms with Gasteiger partial charge in [0.25, 0.3) is 0 Å². The zero-order chi connectivity index (χ0) is 12.1. The fraction of sp³-hybridized carbons (Fsp3) is 0.417. The van der Waals surface area contributed by atoms with Crippen molar-refractivity contribution in [1.82, 2.24) is 0 Å². The third kappa shape index (κ3) is 3.14. The second-order valence-corrected chi connectivity index (χ2v) is 4.26. The molecule has 0 spiro atoms. The number of amidine groups is 1. The standard InChI is InChI=1S/C12H18ClN3/c1-3-4-7-16(2)11-6-5-9(12(14)15)8-10(11)13/h5-6,8H,3-4,7H2,1-2H3,(H3,14,15). The van der Waals surface area contributed by atoms with E-state index in [1.165, 1.54) is 0 Å². The Balaban J connectivity index is 2.85. The van der Waals surface area contributed by atoms with Gasteiger partial charge in [-0.25, -0.2) is 0 Å². The van der Waals surface area contributed by atoms with E-state index in [0.29, 0.717) is 10.6 Å². The van der Waals surface area contributed by atoms with Crippen molar-refractivity contribution in [2.24, 2.45) is 5.73 Å². The van der Waals surface area contributed by atoms with Gasteiger partial charge in [-0.3, -0.25) is 5.41 Å². The van der Waals surface area contributed by atoms with Crippen molar-refractivity contribution >= 4 is 23.1 Å². The maximum Gasteiger partial charge on any atom is 0.122 e. The predicted octanol–water partition coefficient (Wildman–Crippen LogP) is 2.86. The lowest BCUT2D eigenvalue weighted by molar-refractivity contribution is 0.767. The first kappa shape index (κ1) is 12.8. The Morgan fingerprint density at radius 1 is 1.50 bits per heavy atom. The Kier molecular flexibility index (Phi) is 4.62. The van der Waals surface area contributed by atoms with E-state index in [2.05, 4.69) is 11.8 Å². The molecule has 0 aromatic heterocycles. The summed E-state index contributed by atoms with van der Waals surface area (Å²) in [5.41, 5.74) is 7.05. The Hall–Kier alpha value is -1.22. The van der Waals surface area contributed by atoms with Crippen molar-refractivity contribution in [3.63, 3.8) is 0 Å².